The number of piperidine rings is 1. The molecule has 2 aromatic rings. The van der Waals surface area contributed by atoms with E-state index in [4.69, 9.17) is 0 Å². The number of aromatic amines is 1. The van der Waals surface area contributed by atoms with Gasteiger partial charge in [0, 0.05) is 31.5 Å². The summed E-state index contributed by atoms with van der Waals surface area (Å²) >= 11 is 0. The van der Waals surface area contributed by atoms with Gasteiger partial charge in [-0.05, 0) is 69.8 Å². The van der Waals surface area contributed by atoms with Gasteiger partial charge < -0.3 is 9.88 Å². The van der Waals surface area contributed by atoms with Crippen LogP contribution in [0.15, 0.2) is 30.5 Å². The summed E-state index contributed by atoms with van der Waals surface area (Å²) in [6.45, 7) is 13.5. The fourth-order valence-electron chi connectivity index (χ4n) is 4.03. The highest BCUT2D eigenvalue weighted by molar-refractivity contribution is 5.25. The minimum absolute atomic E-state index is 0.827. The van der Waals surface area contributed by atoms with Gasteiger partial charge in [0.25, 0.3) is 0 Å². The second-order valence-electron chi connectivity index (χ2n) is 7.78. The lowest BCUT2D eigenvalue weighted by atomic mass is 9.95. The molecule has 142 valence electrons. The summed E-state index contributed by atoms with van der Waals surface area (Å²) in [6.07, 6.45) is 5.81. The summed E-state index contributed by atoms with van der Waals surface area (Å²) in [5.41, 5.74) is 4.16. The van der Waals surface area contributed by atoms with Crippen molar-refractivity contribution < 1.29 is 0 Å². The maximum atomic E-state index is 4.32. The van der Waals surface area contributed by atoms with Crippen LogP contribution in [-0.2, 0) is 13.0 Å². The molecule has 4 heteroatoms. The van der Waals surface area contributed by atoms with Gasteiger partial charge >= 0.3 is 0 Å². The van der Waals surface area contributed by atoms with E-state index in [-0.39, 0.29) is 0 Å². The highest BCUT2D eigenvalue weighted by Gasteiger charge is 2.21. The van der Waals surface area contributed by atoms with Gasteiger partial charge in [0.1, 0.15) is 5.82 Å². The summed E-state index contributed by atoms with van der Waals surface area (Å²) in [5, 5.41) is 0. The Balaban J connectivity index is 1.40. The molecule has 2 heterocycles. The van der Waals surface area contributed by atoms with Crippen LogP contribution in [0, 0.1) is 19.8 Å². The zero-order valence-corrected chi connectivity index (χ0v) is 16.7. The molecule has 0 atom stereocenters. The number of hydrogen-bond donors (Lipinski definition) is 1. The molecule has 0 spiro atoms. The highest BCUT2D eigenvalue weighted by Crippen LogP contribution is 2.20. The van der Waals surface area contributed by atoms with E-state index in [0.717, 1.165) is 24.8 Å². The van der Waals surface area contributed by atoms with E-state index in [2.05, 4.69) is 57.9 Å². The molecule has 0 bridgehead atoms. The predicted molar refractivity (Wildman–Crippen MR) is 108 cm³/mol. The van der Waals surface area contributed by atoms with Crippen molar-refractivity contribution in [2.75, 3.05) is 32.7 Å². The molecule has 0 amide bonds. The van der Waals surface area contributed by atoms with Gasteiger partial charge in [-0.2, -0.15) is 0 Å². The lowest BCUT2D eigenvalue weighted by molar-refractivity contribution is 0.143. The maximum Gasteiger partial charge on any atom is 0.103 e. The Morgan fingerprint density at radius 2 is 1.96 bits per heavy atom. The molecule has 3 rings (SSSR count). The quantitative estimate of drug-likeness (QED) is 0.783. The Hall–Kier alpha value is -1.65. The third-order valence-electron chi connectivity index (χ3n) is 5.78. The van der Waals surface area contributed by atoms with E-state index in [9.17, 15) is 0 Å². The van der Waals surface area contributed by atoms with E-state index in [0.29, 0.717) is 0 Å². The molecular weight excluding hydrogens is 320 g/mol. The fraction of sp³-hybridized carbons (Fsp3) is 0.591. The number of benzene rings is 1. The fourth-order valence-corrected chi connectivity index (χ4v) is 4.03. The first kappa shape index (κ1) is 19.1. The van der Waals surface area contributed by atoms with Gasteiger partial charge in [-0.3, -0.25) is 4.90 Å². The highest BCUT2D eigenvalue weighted by atomic mass is 15.2. The van der Waals surface area contributed by atoms with Gasteiger partial charge in [-0.15, -0.1) is 0 Å². The van der Waals surface area contributed by atoms with Crippen molar-refractivity contribution in [2.45, 2.75) is 46.6 Å². The van der Waals surface area contributed by atoms with Crippen molar-refractivity contribution >= 4 is 0 Å². The molecule has 0 radical (unpaired) electrons. The Kier molecular flexibility index (Phi) is 6.86. The molecular formula is C22H34N4. The zero-order chi connectivity index (χ0) is 18.4. The average molecular weight is 355 g/mol. The molecule has 4 nitrogen and oxygen atoms in total. The lowest BCUT2D eigenvalue weighted by Gasteiger charge is -2.34. The zero-order valence-electron chi connectivity index (χ0n) is 16.7. The van der Waals surface area contributed by atoms with Crippen LogP contribution in [0.3, 0.4) is 0 Å². The number of hydrogen-bond acceptors (Lipinski definition) is 3. The largest absolute Gasteiger partial charge is 0.345 e. The maximum absolute atomic E-state index is 4.32. The second kappa shape index (κ2) is 9.33. The molecule has 1 aliphatic heterocycles. The Bertz CT molecular complexity index is 670. The van der Waals surface area contributed by atoms with Crippen molar-refractivity contribution in [1.29, 1.82) is 0 Å². The summed E-state index contributed by atoms with van der Waals surface area (Å²) in [4.78, 5) is 12.9. The van der Waals surface area contributed by atoms with Crippen LogP contribution in [0.5, 0.6) is 0 Å². The molecule has 1 aliphatic rings. The second-order valence-corrected chi connectivity index (χ2v) is 7.78. The summed E-state index contributed by atoms with van der Waals surface area (Å²) < 4.78 is 0. The van der Waals surface area contributed by atoms with Gasteiger partial charge in [0.2, 0.25) is 0 Å². The minimum atomic E-state index is 0.827. The van der Waals surface area contributed by atoms with E-state index in [1.165, 1.54) is 62.3 Å². The molecule has 1 aromatic carbocycles. The molecule has 0 unspecified atom stereocenters. The molecule has 1 aromatic heterocycles. The van der Waals surface area contributed by atoms with Crippen LogP contribution < -0.4 is 0 Å². The number of imidazole rings is 1. The molecule has 0 aliphatic carbocycles. The molecule has 1 N–H and O–H groups in total. The number of nitrogens with zero attached hydrogens (tertiary/aromatic N) is 3. The van der Waals surface area contributed by atoms with Crippen LogP contribution in [0.4, 0.5) is 0 Å². The summed E-state index contributed by atoms with van der Waals surface area (Å²) in [5.74, 6) is 1.84. The Labute approximate surface area is 158 Å². The van der Waals surface area contributed by atoms with Gasteiger partial charge in [-0.1, -0.05) is 31.2 Å². The number of aromatic nitrogens is 2. The van der Waals surface area contributed by atoms with Crippen LogP contribution in [-0.4, -0.2) is 52.5 Å². The minimum Gasteiger partial charge on any atom is -0.345 e. The van der Waals surface area contributed by atoms with Crippen molar-refractivity contribution in [3.8, 4) is 0 Å². The number of aryl methyl sites for hydroxylation is 2. The Morgan fingerprint density at radius 3 is 2.62 bits per heavy atom. The first-order chi connectivity index (χ1) is 12.6. The van der Waals surface area contributed by atoms with Crippen molar-refractivity contribution in [3.63, 3.8) is 0 Å². The molecule has 26 heavy (non-hydrogen) atoms. The first-order valence-electron chi connectivity index (χ1n) is 10.1. The van der Waals surface area contributed by atoms with E-state index < -0.39 is 0 Å². The third kappa shape index (κ3) is 5.42. The molecule has 0 saturated carbocycles. The topological polar surface area (TPSA) is 35.2 Å². The van der Waals surface area contributed by atoms with Crippen molar-refractivity contribution in [3.05, 3.63) is 53.1 Å². The van der Waals surface area contributed by atoms with Gasteiger partial charge in [0.05, 0.1) is 0 Å². The van der Waals surface area contributed by atoms with Crippen LogP contribution in [0.2, 0.25) is 0 Å². The monoisotopic (exact) mass is 354 g/mol. The van der Waals surface area contributed by atoms with Gasteiger partial charge in [0.15, 0.2) is 0 Å². The predicted octanol–water partition coefficient (Wildman–Crippen LogP) is 3.80. The van der Waals surface area contributed by atoms with Crippen LogP contribution in [0.25, 0.3) is 0 Å². The number of H-pyrrole nitrogens is 1. The van der Waals surface area contributed by atoms with E-state index in [1.54, 1.807) is 0 Å². The van der Waals surface area contributed by atoms with Crippen molar-refractivity contribution in [1.82, 2.24) is 19.8 Å². The Morgan fingerprint density at radius 1 is 1.19 bits per heavy atom. The van der Waals surface area contributed by atoms with E-state index in [1.807, 2.05) is 13.1 Å². The SMILES string of the molecule is CCN(Cc1cnc(C)[nH]1)CC1CCN(CCc2ccccc2C)CC1. The number of likely N-dealkylation sites (tertiary alicyclic amines) is 1. The van der Waals surface area contributed by atoms with Gasteiger partial charge in [-0.25, -0.2) is 4.98 Å². The van der Waals surface area contributed by atoms with Crippen molar-refractivity contribution in [2.24, 2.45) is 5.92 Å². The molecule has 1 saturated heterocycles. The lowest BCUT2D eigenvalue weighted by Crippen LogP contribution is -2.39. The number of nitrogens with one attached hydrogen (secondary N) is 1. The first-order valence-corrected chi connectivity index (χ1v) is 10.1. The summed E-state index contributed by atoms with van der Waals surface area (Å²) in [7, 11) is 0. The standard InChI is InChI=1S/C22H34N4/c1-4-25(17-22-15-23-19(3)24-22)16-20-9-12-26(13-10-20)14-11-21-8-6-5-7-18(21)2/h5-8,15,20H,4,9-14,16-17H2,1-3H3,(H,23,24). The summed E-state index contributed by atoms with van der Waals surface area (Å²) in [6, 6.07) is 8.80. The third-order valence-corrected chi connectivity index (χ3v) is 5.78. The average Bonchev–Trinajstić information content (AvgIpc) is 3.06. The number of rotatable bonds is 8. The smallest absolute Gasteiger partial charge is 0.103 e. The van der Waals surface area contributed by atoms with Crippen LogP contribution in [0.1, 0.15) is 42.4 Å². The van der Waals surface area contributed by atoms with E-state index >= 15 is 0 Å². The molecule has 1 fully saturated rings. The normalized spacial score (nSPS) is 16.5. The van der Waals surface area contributed by atoms with Crippen LogP contribution >= 0.6 is 0 Å².